The zero-order chi connectivity index (χ0) is 13.8. The van der Waals surface area contributed by atoms with Gasteiger partial charge in [-0.2, -0.15) is 11.8 Å². The van der Waals surface area contributed by atoms with E-state index in [1.54, 1.807) is 30.0 Å². The first kappa shape index (κ1) is 15.3. The van der Waals surface area contributed by atoms with E-state index in [0.717, 1.165) is 17.7 Å². The molecule has 6 heteroatoms. The summed E-state index contributed by atoms with van der Waals surface area (Å²) in [4.78, 5) is 0.160. The van der Waals surface area contributed by atoms with Gasteiger partial charge in [-0.3, -0.25) is 0 Å². The van der Waals surface area contributed by atoms with Gasteiger partial charge in [-0.1, -0.05) is 13.0 Å². The molecule has 0 amide bonds. The van der Waals surface area contributed by atoms with E-state index in [0.29, 0.717) is 5.69 Å². The number of nitrogen functional groups attached to an aromatic ring is 1. The van der Waals surface area contributed by atoms with Crippen LogP contribution in [0.3, 0.4) is 0 Å². The van der Waals surface area contributed by atoms with Crippen LogP contribution in [0.4, 0.5) is 5.69 Å². The number of nitrogens with one attached hydrogen (secondary N) is 1. The molecule has 0 fully saturated rings. The SMILES string of the molecule is CCC(CSC)NS(=O)(=O)c1ccc(C)cc1N. The molecule has 0 saturated heterocycles. The van der Waals surface area contributed by atoms with Crippen molar-refractivity contribution in [1.29, 1.82) is 0 Å². The van der Waals surface area contributed by atoms with Crippen LogP contribution in [0.1, 0.15) is 18.9 Å². The molecule has 1 aromatic carbocycles. The number of sulfonamides is 1. The highest BCUT2D eigenvalue weighted by Gasteiger charge is 2.20. The molecule has 0 radical (unpaired) electrons. The molecule has 1 aromatic rings. The maximum absolute atomic E-state index is 12.2. The van der Waals surface area contributed by atoms with Crippen molar-refractivity contribution in [3.05, 3.63) is 23.8 Å². The summed E-state index contributed by atoms with van der Waals surface area (Å²) in [5.74, 6) is 0.751. The number of anilines is 1. The average Bonchev–Trinajstić information content (AvgIpc) is 2.27. The lowest BCUT2D eigenvalue weighted by Gasteiger charge is -2.17. The highest BCUT2D eigenvalue weighted by Crippen LogP contribution is 2.20. The minimum Gasteiger partial charge on any atom is -0.398 e. The minimum atomic E-state index is -3.53. The van der Waals surface area contributed by atoms with Gasteiger partial charge in [0, 0.05) is 11.8 Å². The van der Waals surface area contributed by atoms with Crippen molar-refractivity contribution in [3.63, 3.8) is 0 Å². The van der Waals surface area contributed by atoms with Gasteiger partial charge in [-0.25, -0.2) is 13.1 Å². The molecule has 0 aliphatic carbocycles. The van der Waals surface area contributed by atoms with Gasteiger partial charge in [-0.05, 0) is 37.3 Å². The third-order valence-electron chi connectivity index (χ3n) is 2.64. The zero-order valence-corrected chi connectivity index (χ0v) is 12.6. The van der Waals surface area contributed by atoms with E-state index in [9.17, 15) is 8.42 Å². The van der Waals surface area contributed by atoms with E-state index in [-0.39, 0.29) is 10.9 Å². The predicted molar refractivity (Wildman–Crippen MR) is 78.4 cm³/mol. The Bertz CT molecular complexity index is 501. The Labute approximate surface area is 113 Å². The quantitative estimate of drug-likeness (QED) is 0.785. The van der Waals surface area contributed by atoms with Crippen molar-refractivity contribution in [2.24, 2.45) is 0 Å². The van der Waals surface area contributed by atoms with Crippen LogP contribution < -0.4 is 10.5 Å². The second-order valence-corrected chi connectivity index (χ2v) is 6.82. The molecule has 0 bridgehead atoms. The number of thioether (sulfide) groups is 1. The van der Waals surface area contributed by atoms with Crippen LogP contribution in [0.2, 0.25) is 0 Å². The number of aryl methyl sites for hydroxylation is 1. The first-order chi connectivity index (χ1) is 8.40. The van der Waals surface area contributed by atoms with Crippen molar-refractivity contribution in [1.82, 2.24) is 4.72 Å². The Kier molecular flexibility index (Phi) is 5.49. The molecule has 102 valence electrons. The normalized spacial score (nSPS) is 13.5. The second kappa shape index (κ2) is 6.45. The highest BCUT2D eigenvalue weighted by atomic mass is 32.2. The topological polar surface area (TPSA) is 72.2 Å². The van der Waals surface area contributed by atoms with Crippen molar-refractivity contribution < 1.29 is 8.42 Å². The first-order valence-corrected chi connectivity index (χ1v) is 8.65. The maximum Gasteiger partial charge on any atom is 0.242 e. The number of hydrogen-bond donors (Lipinski definition) is 2. The third kappa shape index (κ3) is 3.90. The molecule has 0 aromatic heterocycles. The van der Waals surface area contributed by atoms with Crippen LogP contribution in [0.5, 0.6) is 0 Å². The first-order valence-electron chi connectivity index (χ1n) is 5.78. The van der Waals surface area contributed by atoms with Crippen LogP contribution in [-0.4, -0.2) is 26.5 Å². The smallest absolute Gasteiger partial charge is 0.242 e. The lowest BCUT2D eigenvalue weighted by Crippen LogP contribution is -2.36. The molecule has 0 spiro atoms. The number of rotatable bonds is 6. The van der Waals surface area contributed by atoms with E-state index < -0.39 is 10.0 Å². The largest absolute Gasteiger partial charge is 0.398 e. The Morgan fingerprint density at radius 2 is 2.11 bits per heavy atom. The van der Waals surface area contributed by atoms with E-state index >= 15 is 0 Å². The Morgan fingerprint density at radius 1 is 1.44 bits per heavy atom. The summed E-state index contributed by atoms with van der Waals surface area (Å²) in [5.41, 5.74) is 7.01. The van der Waals surface area contributed by atoms with Crippen molar-refractivity contribution in [2.45, 2.75) is 31.2 Å². The predicted octanol–water partition coefficient (Wildman–Crippen LogP) is 2.00. The highest BCUT2D eigenvalue weighted by molar-refractivity contribution is 7.98. The third-order valence-corrected chi connectivity index (χ3v) is 4.97. The Morgan fingerprint density at radius 3 is 2.61 bits per heavy atom. The zero-order valence-electron chi connectivity index (χ0n) is 10.9. The molecule has 0 saturated carbocycles. The fourth-order valence-corrected chi connectivity index (χ4v) is 3.89. The van der Waals surface area contributed by atoms with Gasteiger partial charge in [0.05, 0.1) is 5.69 Å². The lowest BCUT2D eigenvalue weighted by molar-refractivity contribution is 0.558. The van der Waals surface area contributed by atoms with Gasteiger partial charge in [0.25, 0.3) is 0 Å². The van der Waals surface area contributed by atoms with Crippen LogP contribution >= 0.6 is 11.8 Å². The van der Waals surface area contributed by atoms with E-state index in [2.05, 4.69) is 4.72 Å². The van der Waals surface area contributed by atoms with Crippen LogP contribution in [0.25, 0.3) is 0 Å². The van der Waals surface area contributed by atoms with E-state index in [1.165, 1.54) is 0 Å². The lowest BCUT2D eigenvalue weighted by atomic mass is 10.2. The van der Waals surface area contributed by atoms with Gasteiger partial charge >= 0.3 is 0 Å². The van der Waals surface area contributed by atoms with Crippen molar-refractivity contribution >= 4 is 27.5 Å². The summed E-state index contributed by atoms with van der Waals surface area (Å²) in [6.45, 7) is 3.84. The van der Waals surface area contributed by atoms with Crippen molar-refractivity contribution in [3.8, 4) is 0 Å². The van der Waals surface area contributed by atoms with Gasteiger partial charge in [-0.15, -0.1) is 0 Å². The maximum atomic E-state index is 12.2. The molecule has 0 aliphatic rings. The number of hydrogen-bond acceptors (Lipinski definition) is 4. The molecule has 1 unspecified atom stereocenters. The Balaban J connectivity index is 2.99. The van der Waals surface area contributed by atoms with Gasteiger partial charge < -0.3 is 5.73 Å². The van der Waals surface area contributed by atoms with Crippen LogP contribution in [-0.2, 0) is 10.0 Å². The molecule has 3 N–H and O–H groups in total. The molecule has 0 aliphatic heterocycles. The Hall–Kier alpha value is -0.720. The fraction of sp³-hybridized carbons (Fsp3) is 0.500. The van der Waals surface area contributed by atoms with Crippen LogP contribution in [0, 0.1) is 6.92 Å². The molecule has 1 atom stereocenters. The van der Waals surface area contributed by atoms with Gasteiger partial charge in [0.1, 0.15) is 4.90 Å². The van der Waals surface area contributed by atoms with Crippen LogP contribution in [0.15, 0.2) is 23.1 Å². The monoisotopic (exact) mass is 288 g/mol. The second-order valence-electron chi connectivity index (χ2n) is 4.22. The molecule has 0 heterocycles. The summed E-state index contributed by atoms with van der Waals surface area (Å²) >= 11 is 1.62. The van der Waals surface area contributed by atoms with E-state index in [4.69, 9.17) is 5.73 Å². The van der Waals surface area contributed by atoms with E-state index in [1.807, 2.05) is 20.1 Å². The molecule has 18 heavy (non-hydrogen) atoms. The molecule has 4 nitrogen and oxygen atoms in total. The summed E-state index contributed by atoms with van der Waals surface area (Å²) in [5, 5.41) is 0. The molecular formula is C12H20N2O2S2. The van der Waals surface area contributed by atoms with Crippen molar-refractivity contribution in [2.75, 3.05) is 17.7 Å². The number of nitrogens with two attached hydrogens (primary N) is 1. The summed E-state index contributed by atoms with van der Waals surface area (Å²) in [7, 11) is -3.53. The molecular weight excluding hydrogens is 268 g/mol. The van der Waals surface area contributed by atoms with Gasteiger partial charge in [0.2, 0.25) is 10.0 Å². The molecule has 1 rings (SSSR count). The average molecular weight is 288 g/mol. The standard InChI is InChI=1S/C12H20N2O2S2/c1-4-10(8-17-3)14-18(15,16)12-6-5-9(2)7-11(12)13/h5-7,10,14H,4,8,13H2,1-3H3. The summed E-state index contributed by atoms with van der Waals surface area (Å²) < 4.78 is 27.1. The van der Waals surface area contributed by atoms with Gasteiger partial charge in [0.15, 0.2) is 0 Å². The minimum absolute atomic E-state index is 0.0642. The summed E-state index contributed by atoms with van der Waals surface area (Å²) in [6.07, 6.45) is 2.71. The fourth-order valence-electron chi connectivity index (χ4n) is 1.63. The number of benzene rings is 1. The summed E-state index contributed by atoms with van der Waals surface area (Å²) in [6, 6.07) is 4.91.